The van der Waals surface area contributed by atoms with Gasteiger partial charge in [0.15, 0.2) is 5.75 Å². The third kappa shape index (κ3) is 2.58. The van der Waals surface area contributed by atoms with Gasteiger partial charge >= 0.3 is 5.69 Å². The number of hydrogen-bond donors (Lipinski definition) is 0. The van der Waals surface area contributed by atoms with Crippen molar-refractivity contribution in [2.45, 2.75) is 38.7 Å². The monoisotopic (exact) mass is 347 g/mol. The number of nitro benzene ring substituents is 1. The molecule has 0 bridgehead atoms. The molecule has 0 N–H and O–H groups in total. The second-order valence-electron chi connectivity index (χ2n) is 5.46. The molecule has 4 nitrogen and oxygen atoms in total. The lowest BCUT2D eigenvalue weighted by Crippen LogP contribution is -2.53. The SMILES string of the molecule is Cc1cc(Br)cc([N+](=O)[O-])c1OC1CC(Cl)C1(C)C. The maximum absolute atomic E-state index is 11.1. The van der Waals surface area contributed by atoms with E-state index in [1.165, 1.54) is 6.07 Å². The predicted octanol–water partition coefficient (Wildman–Crippen LogP) is 4.45. The highest BCUT2D eigenvalue weighted by atomic mass is 79.9. The fourth-order valence-electron chi connectivity index (χ4n) is 2.18. The Morgan fingerprint density at radius 1 is 1.53 bits per heavy atom. The molecule has 0 aliphatic heterocycles. The van der Waals surface area contributed by atoms with Crippen LogP contribution in [-0.4, -0.2) is 16.4 Å². The molecule has 2 rings (SSSR count). The zero-order valence-electron chi connectivity index (χ0n) is 10.9. The van der Waals surface area contributed by atoms with Crippen molar-refractivity contribution in [1.29, 1.82) is 0 Å². The number of benzene rings is 1. The minimum absolute atomic E-state index is 0.0132. The second-order valence-corrected chi connectivity index (χ2v) is 6.90. The number of nitro groups is 1. The molecule has 19 heavy (non-hydrogen) atoms. The van der Waals surface area contributed by atoms with E-state index in [9.17, 15) is 10.1 Å². The predicted molar refractivity (Wildman–Crippen MR) is 78.0 cm³/mol. The first-order valence-electron chi connectivity index (χ1n) is 5.98. The third-order valence-electron chi connectivity index (χ3n) is 3.73. The molecular formula is C13H15BrClNO3. The molecule has 1 saturated carbocycles. The zero-order chi connectivity index (χ0) is 14.4. The van der Waals surface area contributed by atoms with Crippen molar-refractivity contribution in [3.8, 4) is 5.75 Å². The van der Waals surface area contributed by atoms with Gasteiger partial charge in [0.1, 0.15) is 6.10 Å². The fourth-order valence-corrected chi connectivity index (χ4v) is 3.04. The largest absolute Gasteiger partial charge is 0.483 e. The Balaban J connectivity index is 2.33. The number of hydrogen-bond acceptors (Lipinski definition) is 3. The first kappa shape index (κ1) is 14.6. The van der Waals surface area contributed by atoms with Gasteiger partial charge in [-0.2, -0.15) is 0 Å². The molecule has 1 aromatic carbocycles. The van der Waals surface area contributed by atoms with Gasteiger partial charge in [-0.15, -0.1) is 11.6 Å². The standard InChI is InChI=1S/C13H15BrClNO3/c1-7-4-8(14)5-9(16(17)18)12(7)19-11-6-10(15)13(11,2)3/h4-5,10-11H,6H2,1-3H3. The Morgan fingerprint density at radius 2 is 2.16 bits per heavy atom. The molecule has 1 aliphatic rings. The van der Waals surface area contributed by atoms with E-state index in [-0.39, 0.29) is 22.6 Å². The van der Waals surface area contributed by atoms with Crippen LogP contribution >= 0.6 is 27.5 Å². The van der Waals surface area contributed by atoms with Gasteiger partial charge in [0.2, 0.25) is 0 Å². The van der Waals surface area contributed by atoms with Crippen LogP contribution < -0.4 is 4.74 Å². The number of rotatable bonds is 3. The highest BCUT2D eigenvalue weighted by molar-refractivity contribution is 9.10. The summed E-state index contributed by atoms with van der Waals surface area (Å²) in [6.45, 7) is 5.83. The molecular weight excluding hydrogens is 334 g/mol. The molecule has 0 radical (unpaired) electrons. The average Bonchev–Trinajstić information content (AvgIpc) is 2.30. The van der Waals surface area contributed by atoms with E-state index in [0.717, 1.165) is 5.56 Å². The molecule has 0 aromatic heterocycles. The van der Waals surface area contributed by atoms with Crippen LogP contribution in [0.15, 0.2) is 16.6 Å². The Bertz CT molecular complexity index is 533. The zero-order valence-corrected chi connectivity index (χ0v) is 13.3. The van der Waals surface area contributed by atoms with Gasteiger partial charge < -0.3 is 4.74 Å². The Hall–Kier alpha value is -0.810. The summed E-state index contributed by atoms with van der Waals surface area (Å²) < 4.78 is 6.54. The Morgan fingerprint density at radius 3 is 2.63 bits per heavy atom. The fraction of sp³-hybridized carbons (Fsp3) is 0.538. The molecule has 0 spiro atoms. The average molecular weight is 349 g/mol. The van der Waals surface area contributed by atoms with Crippen LogP contribution in [0.25, 0.3) is 0 Å². The Kier molecular flexibility index (Phi) is 3.80. The van der Waals surface area contributed by atoms with Crippen molar-refractivity contribution in [2.24, 2.45) is 5.41 Å². The second kappa shape index (κ2) is 4.94. The van der Waals surface area contributed by atoms with Crippen molar-refractivity contribution in [2.75, 3.05) is 0 Å². The van der Waals surface area contributed by atoms with Crippen LogP contribution in [0.2, 0.25) is 0 Å². The van der Waals surface area contributed by atoms with Crippen molar-refractivity contribution >= 4 is 33.2 Å². The summed E-state index contributed by atoms with van der Waals surface area (Å²) >= 11 is 9.41. The highest BCUT2D eigenvalue weighted by Crippen LogP contribution is 2.48. The quantitative estimate of drug-likeness (QED) is 0.460. The molecule has 6 heteroatoms. The molecule has 2 unspecified atom stereocenters. The molecule has 0 amide bonds. The minimum Gasteiger partial charge on any atom is -0.483 e. The van der Waals surface area contributed by atoms with E-state index in [1.807, 2.05) is 19.9 Å². The van der Waals surface area contributed by atoms with Crippen molar-refractivity contribution in [1.82, 2.24) is 0 Å². The van der Waals surface area contributed by atoms with Gasteiger partial charge in [-0.25, -0.2) is 0 Å². The number of alkyl halides is 1. The number of aryl methyl sites for hydroxylation is 1. The highest BCUT2D eigenvalue weighted by Gasteiger charge is 2.49. The maximum atomic E-state index is 11.1. The topological polar surface area (TPSA) is 52.4 Å². The summed E-state index contributed by atoms with van der Waals surface area (Å²) in [6, 6.07) is 3.28. The van der Waals surface area contributed by atoms with Crippen LogP contribution in [0, 0.1) is 22.5 Å². The lowest BCUT2D eigenvalue weighted by Gasteiger charge is -2.48. The Labute approximate surface area is 125 Å². The van der Waals surface area contributed by atoms with E-state index in [2.05, 4.69) is 15.9 Å². The van der Waals surface area contributed by atoms with E-state index in [1.54, 1.807) is 6.92 Å². The summed E-state index contributed by atoms with van der Waals surface area (Å²) in [6.07, 6.45) is 0.620. The summed E-state index contributed by atoms with van der Waals surface area (Å²) in [4.78, 5) is 10.7. The molecule has 1 aromatic rings. The number of nitrogens with zero attached hydrogens (tertiary/aromatic N) is 1. The van der Waals surface area contributed by atoms with E-state index < -0.39 is 4.92 Å². The van der Waals surface area contributed by atoms with Crippen LogP contribution in [-0.2, 0) is 0 Å². The van der Waals surface area contributed by atoms with Crippen LogP contribution in [0.3, 0.4) is 0 Å². The summed E-state index contributed by atoms with van der Waals surface area (Å²) in [5, 5.41) is 11.2. The molecule has 0 saturated heterocycles. The van der Waals surface area contributed by atoms with Crippen LogP contribution in [0.5, 0.6) is 5.75 Å². The van der Waals surface area contributed by atoms with Gasteiger partial charge in [0.05, 0.1) is 4.92 Å². The van der Waals surface area contributed by atoms with Crippen LogP contribution in [0.4, 0.5) is 5.69 Å². The summed E-state index contributed by atoms with van der Waals surface area (Å²) in [7, 11) is 0. The molecule has 104 valence electrons. The summed E-state index contributed by atoms with van der Waals surface area (Å²) in [5.41, 5.74) is 0.560. The van der Waals surface area contributed by atoms with Gasteiger partial charge in [-0.05, 0) is 18.6 Å². The van der Waals surface area contributed by atoms with Gasteiger partial charge in [0, 0.05) is 27.8 Å². The number of halogens is 2. The lowest BCUT2D eigenvalue weighted by molar-refractivity contribution is -0.386. The normalized spacial score (nSPS) is 24.7. The van der Waals surface area contributed by atoms with Crippen molar-refractivity contribution < 1.29 is 9.66 Å². The van der Waals surface area contributed by atoms with E-state index in [0.29, 0.717) is 16.6 Å². The van der Waals surface area contributed by atoms with Gasteiger partial charge in [-0.3, -0.25) is 10.1 Å². The lowest BCUT2D eigenvalue weighted by atomic mass is 9.68. The molecule has 1 aliphatic carbocycles. The van der Waals surface area contributed by atoms with E-state index in [4.69, 9.17) is 16.3 Å². The van der Waals surface area contributed by atoms with Gasteiger partial charge in [0.25, 0.3) is 0 Å². The maximum Gasteiger partial charge on any atom is 0.312 e. The molecule has 2 atom stereocenters. The van der Waals surface area contributed by atoms with E-state index >= 15 is 0 Å². The third-order valence-corrected chi connectivity index (χ3v) is 4.93. The van der Waals surface area contributed by atoms with Crippen LogP contribution in [0.1, 0.15) is 25.8 Å². The van der Waals surface area contributed by atoms with Gasteiger partial charge in [-0.1, -0.05) is 29.8 Å². The first-order chi connectivity index (χ1) is 8.73. The molecule has 0 heterocycles. The van der Waals surface area contributed by atoms with Crippen molar-refractivity contribution in [3.05, 3.63) is 32.3 Å². The molecule has 1 fully saturated rings. The summed E-state index contributed by atoms with van der Waals surface area (Å²) in [5.74, 6) is 0.342. The smallest absolute Gasteiger partial charge is 0.312 e. The van der Waals surface area contributed by atoms with Crippen molar-refractivity contribution in [3.63, 3.8) is 0 Å². The number of ether oxygens (including phenoxy) is 1. The first-order valence-corrected chi connectivity index (χ1v) is 7.21. The minimum atomic E-state index is -0.420.